The van der Waals surface area contributed by atoms with Crippen molar-refractivity contribution in [1.29, 1.82) is 5.41 Å². The molecule has 0 aromatic heterocycles. The molecule has 0 aliphatic heterocycles. The number of carbonyl (C=O) groups is 2. The van der Waals surface area contributed by atoms with Crippen molar-refractivity contribution in [2.45, 2.75) is 32.1 Å². The average Bonchev–Trinajstić information content (AvgIpc) is 2.73. The molecule has 2 unspecified atom stereocenters. The molecular weight excluding hydrogens is 238 g/mol. The van der Waals surface area contributed by atoms with Gasteiger partial charge in [0.2, 0.25) is 0 Å². The minimum Gasteiger partial charge on any atom is -0.317 e. The van der Waals surface area contributed by atoms with Crippen molar-refractivity contribution in [3.05, 3.63) is 35.5 Å². The molecule has 3 heteroatoms. The Hall–Kier alpha value is -1.77. The van der Waals surface area contributed by atoms with E-state index in [0.29, 0.717) is 18.8 Å². The van der Waals surface area contributed by atoms with Crippen molar-refractivity contribution in [1.82, 2.24) is 0 Å². The molecular formula is C16H19NO2. The van der Waals surface area contributed by atoms with Crippen LogP contribution < -0.4 is 0 Å². The van der Waals surface area contributed by atoms with Crippen LogP contribution in [0.2, 0.25) is 0 Å². The minimum absolute atomic E-state index is 0.0491. The van der Waals surface area contributed by atoms with Gasteiger partial charge in [0.15, 0.2) is 11.6 Å². The van der Waals surface area contributed by atoms with Crippen LogP contribution in [-0.2, 0) is 9.59 Å². The maximum atomic E-state index is 12.0. The van der Waals surface area contributed by atoms with E-state index in [-0.39, 0.29) is 17.5 Å². The van der Waals surface area contributed by atoms with Gasteiger partial charge in [0.05, 0.1) is 0 Å². The van der Waals surface area contributed by atoms with E-state index in [4.69, 9.17) is 5.41 Å². The lowest BCUT2D eigenvalue weighted by atomic mass is 9.72. The van der Waals surface area contributed by atoms with E-state index in [2.05, 4.69) is 13.3 Å². The standard InChI is InChI=1S/C15H16O2.CH3N/c1-9-3-2-4-10-5-7-12(16)11-6-8-13(17)15(11)14(9)10;1-2/h5,7,10,14H,1-4,6,8H2;2H,1H2. The van der Waals surface area contributed by atoms with E-state index in [1.807, 2.05) is 6.08 Å². The first-order valence-electron chi connectivity index (χ1n) is 6.70. The predicted octanol–water partition coefficient (Wildman–Crippen LogP) is 3.02. The Kier molecular flexibility index (Phi) is 3.93. The Morgan fingerprint density at radius 2 is 1.89 bits per heavy atom. The molecule has 3 aliphatic carbocycles. The van der Waals surface area contributed by atoms with Crippen molar-refractivity contribution in [3.63, 3.8) is 0 Å². The van der Waals surface area contributed by atoms with Crippen LogP contribution in [0.4, 0.5) is 0 Å². The van der Waals surface area contributed by atoms with Crippen molar-refractivity contribution in [2.75, 3.05) is 0 Å². The van der Waals surface area contributed by atoms with Crippen LogP contribution in [0.15, 0.2) is 35.5 Å². The van der Waals surface area contributed by atoms with Gasteiger partial charge in [-0.05, 0) is 44.4 Å². The number of carbonyl (C=O) groups excluding carboxylic acids is 2. The van der Waals surface area contributed by atoms with Gasteiger partial charge in [0.1, 0.15) is 0 Å². The summed E-state index contributed by atoms with van der Waals surface area (Å²) < 4.78 is 0. The molecule has 0 radical (unpaired) electrons. The van der Waals surface area contributed by atoms with Crippen LogP contribution >= 0.6 is 0 Å². The summed E-state index contributed by atoms with van der Waals surface area (Å²) >= 11 is 0. The van der Waals surface area contributed by atoms with E-state index < -0.39 is 0 Å². The first-order valence-corrected chi connectivity index (χ1v) is 6.70. The van der Waals surface area contributed by atoms with E-state index in [0.717, 1.165) is 36.0 Å². The Morgan fingerprint density at radius 3 is 2.63 bits per heavy atom. The van der Waals surface area contributed by atoms with Gasteiger partial charge >= 0.3 is 0 Å². The third-order valence-electron chi connectivity index (χ3n) is 4.23. The normalized spacial score (nSPS) is 29.4. The highest BCUT2D eigenvalue weighted by molar-refractivity contribution is 6.14. The molecule has 3 rings (SSSR count). The number of hydrogen-bond acceptors (Lipinski definition) is 3. The number of hydrogen-bond donors (Lipinski definition) is 1. The van der Waals surface area contributed by atoms with Crippen LogP contribution in [-0.4, -0.2) is 18.3 Å². The number of nitrogens with one attached hydrogen (secondary N) is 1. The summed E-state index contributed by atoms with van der Waals surface area (Å²) in [6.07, 6.45) is 8.01. The lowest BCUT2D eigenvalue weighted by molar-refractivity contribution is -0.115. The summed E-state index contributed by atoms with van der Waals surface area (Å²) in [5.74, 6) is 0.661. The molecule has 0 heterocycles. The highest BCUT2D eigenvalue weighted by Crippen LogP contribution is 2.45. The Balaban J connectivity index is 0.000000637. The highest BCUT2D eigenvalue weighted by atomic mass is 16.1. The smallest absolute Gasteiger partial charge is 0.181 e. The summed E-state index contributed by atoms with van der Waals surface area (Å²) in [7, 11) is 0. The van der Waals surface area contributed by atoms with Gasteiger partial charge in [-0.1, -0.05) is 18.2 Å². The Bertz CT molecular complexity index is 499. The fraction of sp³-hybridized carbons (Fsp3) is 0.438. The predicted molar refractivity (Wildman–Crippen MR) is 75.2 cm³/mol. The second-order valence-electron chi connectivity index (χ2n) is 5.23. The van der Waals surface area contributed by atoms with Gasteiger partial charge in [-0.3, -0.25) is 9.59 Å². The zero-order valence-corrected chi connectivity index (χ0v) is 11.1. The molecule has 1 saturated carbocycles. The molecule has 0 saturated heterocycles. The highest BCUT2D eigenvalue weighted by Gasteiger charge is 2.39. The Morgan fingerprint density at radius 1 is 1.16 bits per heavy atom. The number of fused-ring (bicyclic) bond motifs is 2. The van der Waals surface area contributed by atoms with Crippen molar-refractivity contribution >= 4 is 18.3 Å². The molecule has 100 valence electrons. The van der Waals surface area contributed by atoms with Gasteiger partial charge in [-0.2, -0.15) is 0 Å². The van der Waals surface area contributed by atoms with Crippen LogP contribution in [0.3, 0.4) is 0 Å². The summed E-state index contributed by atoms with van der Waals surface area (Å²) in [6.45, 7) is 6.63. The van der Waals surface area contributed by atoms with Crippen LogP contribution in [0.1, 0.15) is 32.1 Å². The van der Waals surface area contributed by atoms with Crippen molar-refractivity contribution in [3.8, 4) is 0 Å². The van der Waals surface area contributed by atoms with Gasteiger partial charge in [-0.15, -0.1) is 0 Å². The molecule has 0 spiro atoms. The quantitative estimate of drug-likeness (QED) is 0.535. The molecule has 0 bridgehead atoms. The van der Waals surface area contributed by atoms with Gasteiger partial charge in [0, 0.05) is 23.5 Å². The number of Topliss-reactive ketones (excluding diaryl/α,β-unsaturated/α-hetero) is 1. The van der Waals surface area contributed by atoms with Gasteiger partial charge in [-0.25, -0.2) is 0 Å². The second-order valence-corrected chi connectivity index (χ2v) is 5.23. The molecule has 3 nitrogen and oxygen atoms in total. The molecule has 0 amide bonds. The fourth-order valence-electron chi connectivity index (χ4n) is 3.42. The molecule has 3 aliphatic rings. The third kappa shape index (κ3) is 2.25. The summed E-state index contributed by atoms with van der Waals surface area (Å²) in [4.78, 5) is 24.0. The first kappa shape index (κ1) is 13.7. The van der Waals surface area contributed by atoms with Crippen molar-refractivity contribution < 1.29 is 9.59 Å². The number of allylic oxidation sites excluding steroid dienone is 5. The minimum atomic E-state index is 0.0491. The van der Waals surface area contributed by atoms with E-state index in [1.165, 1.54) is 0 Å². The number of ketones is 2. The van der Waals surface area contributed by atoms with Crippen molar-refractivity contribution in [2.24, 2.45) is 11.8 Å². The lowest BCUT2D eigenvalue weighted by Gasteiger charge is -2.31. The van der Waals surface area contributed by atoms with Gasteiger partial charge < -0.3 is 5.41 Å². The Labute approximate surface area is 113 Å². The zero-order chi connectivity index (χ0) is 14.0. The average molecular weight is 257 g/mol. The molecule has 1 N–H and O–H groups in total. The number of rotatable bonds is 0. The second kappa shape index (κ2) is 5.47. The van der Waals surface area contributed by atoms with E-state index in [9.17, 15) is 9.59 Å². The first-order chi connectivity index (χ1) is 9.18. The monoisotopic (exact) mass is 257 g/mol. The molecule has 0 aromatic rings. The lowest BCUT2D eigenvalue weighted by Crippen LogP contribution is -2.24. The fourth-order valence-corrected chi connectivity index (χ4v) is 3.42. The van der Waals surface area contributed by atoms with Crippen LogP contribution in [0.25, 0.3) is 0 Å². The third-order valence-corrected chi connectivity index (χ3v) is 4.23. The van der Waals surface area contributed by atoms with E-state index in [1.54, 1.807) is 6.08 Å². The van der Waals surface area contributed by atoms with Gasteiger partial charge in [0.25, 0.3) is 0 Å². The molecule has 19 heavy (non-hydrogen) atoms. The van der Waals surface area contributed by atoms with Crippen LogP contribution in [0.5, 0.6) is 0 Å². The van der Waals surface area contributed by atoms with Crippen LogP contribution in [0, 0.1) is 17.2 Å². The summed E-state index contributed by atoms with van der Waals surface area (Å²) in [6, 6.07) is 0. The molecule has 0 aromatic carbocycles. The molecule has 1 fully saturated rings. The summed E-state index contributed by atoms with van der Waals surface area (Å²) in [5, 5.41) is 5.50. The SMILES string of the molecule is C=C1CCCC2C=CC(=O)C3=C(C(=O)CC3)C12.C=N. The topological polar surface area (TPSA) is 58.0 Å². The van der Waals surface area contributed by atoms with E-state index >= 15 is 0 Å². The largest absolute Gasteiger partial charge is 0.317 e. The summed E-state index contributed by atoms with van der Waals surface area (Å²) in [5.41, 5.74) is 2.71. The molecule has 2 atom stereocenters. The zero-order valence-electron chi connectivity index (χ0n) is 11.1. The maximum absolute atomic E-state index is 12.0. The maximum Gasteiger partial charge on any atom is 0.181 e.